The number of carboxylic acids is 1. The van der Waals surface area contributed by atoms with E-state index < -0.39 is 17.9 Å². The van der Waals surface area contributed by atoms with Crippen molar-refractivity contribution < 1.29 is 24.2 Å². The standard InChI is InChI=1S/C15H20N2O5/c1-2-22-14(19)9-10-3-5-11(6-4-10)17-12(15(20)21)7-8-13(16)18/h3-6,12,17H,2,7-9H2,1H3,(H2,16,18)(H,20,21)/t12-/m0/s1. The molecule has 0 fully saturated rings. The van der Waals surface area contributed by atoms with Gasteiger partial charge in [-0.25, -0.2) is 4.79 Å². The predicted molar refractivity (Wildman–Crippen MR) is 80.3 cm³/mol. The second-order valence-electron chi connectivity index (χ2n) is 4.72. The summed E-state index contributed by atoms with van der Waals surface area (Å²) in [6.07, 6.45) is 0.262. The summed E-state index contributed by atoms with van der Waals surface area (Å²) in [7, 11) is 0. The van der Waals surface area contributed by atoms with Crippen molar-refractivity contribution in [3.8, 4) is 0 Å². The van der Waals surface area contributed by atoms with E-state index >= 15 is 0 Å². The SMILES string of the molecule is CCOC(=O)Cc1ccc(N[C@@H](CCC(N)=O)C(=O)O)cc1. The molecule has 0 aliphatic carbocycles. The van der Waals surface area contributed by atoms with Crippen molar-refractivity contribution in [3.63, 3.8) is 0 Å². The van der Waals surface area contributed by atoms with E-state index in [4.69, 9.17) is 15.6 Å². The first kappa shape index (κ1) is 17.5. The molecule has 22 heavy (non-hydrogen) atoms. The highest BCUT2D eigenvalue weighted by Crippen LogP contribution is 2.13. The minimum Gasteiger partial charge on any atom is -0.480 e. The van der Waals surface area contributed by atoms with Crippen LogP contribution in [0.4, 0.5) is 5.69 Å². The van der Waals surface area contributed by atoms with Gasteiger partial charge in [0.1, 0.15) is 6.04 Å². The number of hydrogen-bond donors (Lipinski definition) is 3. The molecule has 0 aromatic heterocycles. The van der Waals surface area contributed by atoms with E-state index in [1.807, 2.05) is 0 Å². The number of carbonyl (C=O) groups excluding carboxylic acids is 2. The van der Waals surface area contributed by atoms with E-state index in [1.54, 1.807) is 31.2 Å². The Morgan fingerprint density at radius 3 is 2.41 bits per heavy atom. The minimum atomic E-state index is -1.06. The van der Waals surface area contributed by atoms with E-state index in [9.17, 15) is 14.4 Å². The fourth-order valence-electron chi connectivity index (χ4n) is 1.84. The highest BCUT2D eigenvalue weighted by Gasteiger charge is 2.17. The maximum Gasteiger partial charge on any atom is 0.326 e. The van der Waals surface area contributed by atoms with E-state index in [1.165, 1.54) is 0 Å². The van der Waals surface area contributed by atoms with Gasteiger partial charge in [0, 0.05) is 12.1 Å². The Morgan fingerprint density at radius 2 is 1.91 bits per heavy atom. The molecule has 0 aliphatic rings. The largest absolute Gasteiger partial charge is 0.480 e. The van der Waals surface area contributed by atoms with Gasteiger partial charge in [-0.15, -0.1) is 0 Å². The Balaban J connectivity index is 2.62. The van der Waals surface area contributed by atoms with E-state index in [2.05, 4.69) is 5.32 Å². The molecule has 0 spiro atoms. The van der Waals surface area contributed by atoms with Crippen LogP contribution in [0.25, 0.3) is 0 Å². The predicted octanol–water partition coefficient (Wildman–Crippen LogP) is 0.923. The van der Waals surface area contributed by atoms with Gasteiger partial charge in [-0.3, -0.25) is 9.59 Å². The van der Waals surface area contributed by atoms with Crippen molar-refractivity contribution in [1.82, 2.24) is 0 Å². The van der Waals surface area contributed by atoms with Crippen molar-refractivity contribution in [2.45, 2.75) is 32.2 Å². The average molecular weight is 308 g/mol. The van der Waals surface area contributed by atoms with Gasteiger partial charge in [0.05, 0.1) is 13.0 Å². The Labute approximate surface area is 128 Å². The molecule has 1 rings (SSSR count). The van der Waals surface area contributed by atoms with Gasteiger partial charge in [-0.05, 0) is 31.0 Å². The summed E-state index contributed by atoms with van der Waals surface area (Å²) in [6.45, 7) is 2.07. The van der Waals surface area contributed by atoms with Crippen molar-refractivity contribution >= 4 is 23.5 Å². The summed E-state index contributed by atoms with van der Waals surface area (Å²) in [5.74, 6) is -1.91. The van der Waals surface area contributed by atoms with E-state index in [-0.39, 0.29) is 25.2 Å². The fraction of sp³-hybridized carbons (Fsp3) is 0.400. The molecular formula is C15H20N2O5. The molecule has 1 aromatic rings. The third kappa shape index (κ3) is 6.25. The first-order valence-electron chi connectivity index (χ1n) is 6.94. The summed E-state index contributed by atoms with van der Waals surface area (Å²) in [4.78, 5) is 33.2. The number of esters is 1. The molecule has 0 heterocycles. The van der Waals surface area contributed by atoms with Gasteiger partial charge < -0.3 is 20.9 Å². The lowest BCUT2D eigenvalue weighted by Crippen LogP contribution is -2.30. The summed E-state index contributed by atoms with van der Waals surface area (Å²) in [5, 5.41) is 11.9. The second kappa shape index (κ2) is 8.66. The number of primary amides is 1. The quantitative estimate of drug-likeness (QED) is 0.584. The zero-order valence-electron chi connectivity index (χ0n) is 12.4. The molecule has 1 aromatic carbocycles. The molecule has 120 valence electrons. The lowest BCUT2D eigenvalue weighted by Gasteiger charge is -2.15. The van der Waals surface area contributed by atoms with Crippen LogP contribution in [0, 0.1) is 0 Å². The molecule has 0 saturated carbocycles. The Kier molecular flexibility index (Phi) is 6.88. The van der Waals surface area contributed by atoms with Crippen molar-refractivity contribution in [2.24, 2.45) is 5.73 Å². The lowest BCUT2D eigenvalue weighted by atomic mass is 10.1. The zero-order chi connectivity index (χ0) is 16.5. The highest BCUT2D eigenvalue weighted by atomic mass is 16.5. The molecule has 0 aliphatic heterocycles. The zero-order valence-corrected chi connectivity index (χ0v) is 12.4. The molecule has 1 amide bonds. The number of carbonyl (C=O) groups is 3. The van der Waals surface area contributed by atoms with Crippen molar-refractivity contribution in [3.05, 3.63) is 29.8 Å². The number of anilines is 1. The molecule has 0 bridgehead atoms. The van der Waals surface area contributed by atoms with Crippen molar-refractivity contribution in [1.29, 1.82) is 0 Å². The molecule has 0 saturated heterocycles. The van der Waals surface area contributed by atoms with Crippen LogP contribution in [0.3, 0.4) is 0 Å². The number of hydrogen-bond acceptors (Lipinski definition) is 5. The number of benzene rings is 1. The van der Waals surface area contributed by atoms with Crippen LogP contribution in [0.2, 0.25) is 0 Å². The third-order valence-electron chi connectivity index (χ3n) is 2.93. The minimum absolute atomic E-state index is 0.00902. The normalized spacial score (nSPS) is 11.5. The second-order valence-corrected chi connectivity index (χ2v) is 4.72. The van der Waals surface area contributed by atoms with Gasteiger partial charge >= 0.3 is 11.9 Å². The van der Waals surface area contributed by atoms with Crippen LogP contribution in [-0.2, 0) is 25.5 Å². The van der Waals surface area contributed by atoms with Crippen LogP contribution < -0.4 is 11.1 Å². The first-order chi connectivity index (χ1) is 10.4. The van der Waals surface area contributed by atoms with Crippen molar-refractivity contribution in [2.75, 3.05) is 11.9 Å². The topological polar surface area (TPSA) is 119 Å². The molecule has 4 N–H and O–H groups in total. The summed E-state index contributed by atoms with van der Waals surface area (Å²) < 4.78 is 4.85. The first-order valence-corrected chi connectivity index (χ1v) is 6.94. The summed E-state index contributed by atoms with van der Waals surface area (Å²) in [6, 6.07) is 5.88. The number of nitrogens with two attached hydrogens (primary N) is 1. The maximum atomic E-state index is 11.4. The summed E-state index contributed by atoms with van der Waals surface area (Å²) >= 11 is 0. The number of aliphatic carboxylic acids is 1. The van der Waals surface area contributed by atoms with Gasteiger partial charge in [0.15, 0.2) is 0 Å². The lowest BCUT2D eigenvalue weighted by molar-refractivity contribution is -0.142. The van der Waals surface area contributed by atoms with E-state index in [0.29, 0.717) is 12.3 Å². The van der Waals surface area contributed by atoms with E-state index in [0.717, 1.165) is 5.56 Å². The average Bonchev–Trinajstić information content (AvgIpc) is 2.45. The molecule has 7 nitrogen and oxygen atoms in total. The van der Waals surface area contributed by atoms with Gasteiger partial charge in [-0.1, -0.05) is 12.1 Å². The number of ether oxygens (including phenoxy) is 1. The number of carboxylic acid groups (broad SMARTS) is 1. The van der Waals surface area contributed by atoms with Gasteiger partial charge in [-0.2, -0.15) is 0 Å². The highest BCUT2D eigenvalue weighted by molar-refractivity contribution is 5.79. The summed E-state index contributed by atoms with van der Waals surface area (Å²) in [5.41, 5.74) is 6.38. The maximum absolute atomic E-state index is 11.4. The smallest absolute Gasteiger partial charge is 0.326 e. The number of rotatable bonds is 9. The molecule has 0 radical (unpaired) electrons. The fourth-order valence-corrected chi connectivity index (χ4v) is 1.84. The number of amides is 1. The van der Waals surface area contributed by atoms with Gasteiger partial charge in [0.25, 0.3) is 0 Å². The third-order valence-corrected chi connectivity index (χ3v) is 2.93. The number of nitrogens with one attached hydrogen (secondary N) is 1. The van der Waals surface area contributed by atoms with Crippen LogP contribution in [0.5, 0.6) is 0 Å². The van der Waals surface area contributed by atoms with Crippen LogP contribution in [-0.4, -0.2) is 35.6 Å². The Morgan fingerprint density at radius 1 is 1.27 bits per heavy atom. The molecule has 0 unspecified atom stereocenters. The Bertz CT molecular complexity index is 527. The van der Waals surface area contributed by atoms with Crippen LogP contribution in [0.1, 0.15) is 25.3 Å². The monoisotopic (exact) mass is 308 g/mol. The molecule has 7 heteroatoms. The van der Waals surface area contributed by atoms with Gasteiger partial charge in [0.2, 0.25) is 5.91 Å². The van der Waals surface area contributed by atoms with Crippen LogP contribution in [0.15, 0.2) is 24.3 Å². The van der Waals surface area contributed by atoms with Crippen LogP contribution >= 0.6 is 0 Å². The Hall–Kier alpha value is -2.57. The molecule has 1 atom stereocenters. The molecular weight excluding hydrogens is 288 g/mol.